The van der Waals surface area contributed by atoms with E-state index in [0.717, 1.165) is 11.3 Å². The summed E-state index contributed by atoms with van der Waals surface area (Å²) in [5, 5.41) is 9.04. The molecule has 1 aromatic carbocycles. The van der Waals surface area contributed by atoms with Crippen molar-refractivity contribution in [1.82, 2.24) is 14.8 Å². The Labute approximate surface area is 159 Å². The molecular weight excluding hydrogens is 430 g/mol. The monoisotopic (exact) mass is 442 g/mol. The van der Waals surface area contributed by atoms with E-state index < -0.39 is 6.61 Å². The van der Waals surface area contributed by atoms with Gasteiger partial charge in [-0.1, -0.05) is 0 Å². The molecule has 0 unspecified atom stereocenters. The van der Waals surface area contributed by atoms with E-state index in [0.29, 0.717) is 15.3 Å². The Morgan fingerprint density at radius 3 is 2.62 bits per heavy atom. The summed E-state index contributed by atoms with van der Waals surface area (Å²) in [6.07, 6.45) is 0. The van der Waals surface area contributed by atoms with Crippen LogP contribution in [0.2, 0.25) is 0 Å². The van der Waals surface area contributed by atoms with Gasteiger partial charge in [0.25, 0.3) is 5.91 Å². The Balaban J connectivity index is 1.73. The van der Waals surface area contributed by atoms with Gasteiger partial charge in [-0.3, -0.25) is 14.8 Å². The first-order chi connectivity index (χ1) is 12.3. The molecule has 0 atom stereocenters. The Bertz CT molecular complexity index is 940. The van der Waals surface area contributed by atoms with E-state index in [9.17, 15) is 13.6 Å². The van der Waals surface area contributed by atoms with Gasteiger partial charge in [0.15, 0.2) is 10.8 Å². The lowest BCUT2D eigenvalue weighted by Gasteiger charge is -2.04. The summed E-state index contributed by atoms with van der Waals surface area (Å²) in [6.45, 7) is -1.02. The Morgan fingerprint density at radius 2 is 2.04 bits per heavy atom. The highest BCUT2D eigenvalue weighted by Crippen LogP contribution is 2.28. The zero-order valence-corrected chi connectivity index (χ0v) is 16.1. The number of hydrogen-bond acceptors (Lipinski definition) is 5. The maximum absolute atomic E-state index is 12.4. The van der Waals surface area contributed by atoms with Crippen molar-refractivity contribution < 1.29 is 18.3 Å². The summed E-state index contributed by atoms with van der Waals surface area (Å²) in [6, 6.07) is 6.12. The number of benzene rings is 1. The molecule has 0 bridgehead atoms. The second-order valence-corrected chi connectivity index (χ2v) is 6.92. The number of aryl methyl sites for hydroxylation is 1. The fourth-order valence-electron chi connectivity index (χ4n) is 2.15. The van der Waals surface area contributed by atoms with Gasteiger partial charge in [-0.2, -0.15) is 13.9 Å². The number of anilines is 1. The molecule has 1 amide bonds. The summed E-state index contributed by atoms with van der Waals surface area (Å²) in [4.78, 5) is 16.7. The molecule has 0 fully saturated rings. The number of nitrogens with one attached hydrogen (secondary N) is 1. The largest absolute Gasteiger partial charge is 0.435 e. The van der Waals surface area contributed by atoms with Gasteiger partial charge in [-0.25, -0.2) is 4.98 Å². The van der Waals surface area contributed by atoms with Gasteiger partial charge in [0, 0.05) is 18.0 Å². The van der Waals surface area contributed by atoms with Gasteiger partial charge in [0.2, 0.25) is 0 Å². The first-order valence-corrected chi connectivity index (χ1v) is 9.03. The van der Waals surface area contributed by atoms with Crippen molar-refractivity contribution >= 4 is 38.3 Å². The van der Waals surface area contributed by atoms with Gasteiger partial charge < -0.3 is 4.74 Å². The Kier molecular flexibility index (Phi) is 5.33. The number of carbonyl (C=O) groups is 1. The van der Waals surface area contributed by atoms with Gasteiger partial charge in [0.05, 0.1) is 15.9 Å². The average Bonchev–Trinajstić information content (AvgIpc) is 3.15. The van der Waals surface area contributed by atoms with Crippen LogP contribution in [-0.4, -0.2) is 27.3 Å². The highest BCUT2D eigenvalue weighted by molar-refractivity contribution is 9.10. The van der Waals surface area contributed by atoms with Crippen LogP contribution >= 0.6 is 27.3 Å². The average molecular weight is 443 g/mol. The lowest BCUT2D eigenvalue weighted by Crippen LogP contribution is -2.13. The molecule has 0 radical (unpaired) electrons. The van der Waals surface area contributed by atoms with Crippen LogP contribution in [0.25, 0.3) is 11.3 Å². The zero-order valence-electron chi connectivity index (χ0n) is 13.7. The molecule has 0 spiro atoms. The molecule has 6 nitrogen and oxygen atoms in total. The number of carbonyl (C=O) groups excluding carboxylic acids is 1. The standard InChI is InChI=1S/C16H13BrF2N4O2S/c1-8-12(17)13(22-23(8)2)14(24)21-16-20-11(7-26-16)9-3-5-10(6-4-9)25-15(18)19/h3-7,15H,1-2H3,(H,20,21,24). The Morgan fingerprint density at radius 1 is 1.35 bits per heavy atom. The first-order valence-electron chi connectivity index (χ1n) is 7.36. The molecule has 3 rings (SSSR count). The van der Waals surface area contributed by atoms with E-state index in [1.54, 1.807) is 29.2 Å². The maximum Gasteiger partial charge on any atom is 0.387 e. The Hall–Kier alpha value is -2.33. The van der Waals surface area contributed by atoms with Crippen molar-refractivity contribution in [3.05, 3.63) is 45.5 Å². The normalized spacial score (nSPS) is 11.0. The van der Waals surface area contributed by atoms with Crippen LogP contribution in [0, 0.1) is 6.92 Å². The molecule has 2 heterocycles. The lowest BCUT2D eigenvalue weighted by molar-refractivity contribution is -0.0498. The van der Waals surface area contributed by atoms with Crippen molar-refractivity contribution in [3.8, 4) is 17.0 Å². The van der Waals surface area contributed by atoms with E-state index in [4.69, 9.17) is 0 Å². The van der Waals surface area contributed by atoms with E-state index >= 15 is 0 Å². The molecular formula is C16H13BrF2N4O2S. The summed E-state index contributed by atoms with van der Waals surface area (Å²) in [5.74, 6) is -0.301. The lowest BCUT2D eigenvalue weighted by atomic mass is 10.2. The molecule has 0 aliphatic carbocycles. The van der Waals surface area contributed by atoms with Crippen LogP contribution in [0.5, 0.6) is 5.75 Å². The van der Waals surface area contributed by atoms with Crippen LogP contribution in [0.1, 0.15) is 16.2 Å². The molecule has 136 valence electrons. The van der Waals surface area contributed by atoms with Crippen LogP contribution in [0.3, 0.4) is 0 Å². The third kappa shape index (κ3) is 3.91. The predicted molar refractivity (Wildman–Crippen MR) is 97.8 cm³/mol. The number of alkyl halides is 2. The van der Waals surface area contributed by atoms with Crippen LogP contribution in [0.15, 0.2) is 34.1 Å². The molecule has 1 N–H and O–H groups in total. The summed E-state index contributed by atoms with van der Waals surface area (Å²) in [7, 11) is 1.75. The van der Waals surface area contributed by atoms with Gasteiger partial charge in [0.1, 0.15) is 5.75 Å². The van der Waals surface area contributed by atoms with E-state index in [2.05, 4.69) is 36.1 Å². The van der Waals surface area contributed by atoms with Crippen molar-refractivity contribution in [3.63, 3.8) is 0 Å². The molecule has 26 heavy (non-hydrogen) atoms. The summed E-state index contributed by atoms with van der Waals surface area (Å²) in [5.41, 5.74) is 2.44. The van der Waals surface area contributed by atoms with E-state index in [-0.39, 0.29) is 17.4 Å². The zero-order chi connectivity index (χ0) is 18.8. The number of halogens is 3. The number of nitrogens with zero attached hydrogens (tertiary/aromatic N) is 3. The van der Waals surface area contributed by atoms with Gasteiger partial charge in [-0.05, 0) is 47.1 Å². The highest BCUT2D eigenvalue weighted by Gasteiger charge is 2.19. The molecule has 3 aromatic rings. The van der Waals surface area contributed by atoms with Crippen LogP contribution in [-0.2, 0) is 7.05 Å². The predicted octanol–water partition coefficient (Wildman–Crippen LogP) is 4.47. The second kappa shape index (κ2) is 7.50. The third-order valence-electron chi connectivity index (χ3n) is 3.58. The second-order valence-electron chi connectivity index (χ2n) is 5.27. The number of aromatic nitrogens is 3. The minimum Gasteiger partial charge on any atom is -0.435 e. The molecule has 0 saturated carbocycles. The van der Waals surface area contributed by atoms with Crippen molar-refractivity contribution in [2.45, 2.75) is 13.5 Å². The molecule has 0 aliphatic rings. The maximum atomic E-state index is 12.4. The molecule has 2 aromatic heterocycles. The fourth-order valence-corrected chi connectivity index (χ4v) is 3.39. The summed E-state index contributed by atoms with van der Waals surface area (Å²) < 4.78 is 30.9. The van der Waals surface area contributed by atoms with Crippen molar-refractivity contribution in [1.29, 1.82) is 0 Å². The van der Waals surface area contributed by atoms with Gasteiger partial charge >= 0.3 is 6.61 Å². The van der Waals surface area contributed by atoms with Crippen molar-refractivity contribution in [2.24, 2.45) is 7.05 Å². The highest BCUT2D eigenvalue weighted by atomic mass is 79.9. The SMILES string of the molecule is Cc1c(Br)c(C(=O)Nc2nc(-c3ccc(OC(F)F)cc3)cs2)nn1C. The minimum atomic E-state index is -2.86. The number of hydrogen-bond donors (Lipinski definition) is 1. The molecule has 10 heteroatoms. The summed E-state index contributed by atoms with van der Waals surface area (Å²) >= 11 is 4.61. The molecule has 0 saturated heterocycles. The van der Waals surface area contributed by atoms with Gasteiger partial charge in [-0.15, -0.1) is 11.3 Å². The quantitative estimate of drug-likeness (QED) is 0.632. The van der Waals surface area contributed by atoms with Crippen LogP contribution < -0.4 is 10.1 Å². The number of thiazole rings is 1. The molecule has 0 aliphatic heterocycles. The van der Waals surface area contributed by atoms with Crippen molar-refractivity contribution in [2.75, 3.05) is 5.32 Å². The number of ether oxygens (including phenoxy) is 1. The van der Waals surface area contributed by atoms with Crippen LogP contribution in [0.4, 0.5) is 13.9 Å². The number of amides is 1. The fraction of sp³-hybridized carbons (Fsp3) is 0.188. The van der Waals surface area contributed by atoms with E-state index in [1.165, 1.54) is 23.5 Å². The minimum absolute atomic E-state index is 0.0721. The topological polar surface area (TPSA) is 69.0 Å². The van der Waals surface area contributed by atoms with E-state index in [1.807, 2.05) is 6.92 Å². The smallest absolute Gasteiger partial charge is 0.387 e. The third-order valence-corrected chi connectivity index (χ3v) is 5.28. The first kappa shape index (κ1) is 18.5. The number of rotatable bonds is 5.